The van der Waals surface area contributed by atoms with E-state index in [2.05, 4.69) is 13.8 Å². The zero-order valence-electron chi connectivity index (χ0n) is 10.2. The predicted octanol–water partition coefficient (Wildman–Crippen LogP) is 3.32. The molecule has 0 spiro atoms. The molecule has 1 fully saturated rings. The van der Waals surface area contributed by atoms with Gasteiger partial charge < -0.3 is 4.74 Å². The van der Waals surface area contributed by atoms with Crippen LogP contribution < -0.4 is 0 Å². The highest BCUT2D eigenvalue weighted by atomic mass is 16.5. The Morgan fingerprint density at radius 3 is 2.27 bits per heavy atom. The van der Waals surface area contributed by atoms with E-state index in [1.165, 1.54) is 19.3 Å². The quantitative estimate of drug-likeness (QED) is 0.516. The number of esters is 1. The summed E-state index contributed by atoms with van der Waals surface area (Å²) in [5.74, 6) is 0.854. The summed E-state index contributed by atoms with van der Waals surface area (Å²) in [5.41, 5.74) is 0.708. The van der Waals surface area contributed by atoms with E-state index in [0.717, 1.165) is 0 Å². The standard InChI is InChI=1S/C13H22O2/c1-5-9(2)13(14)15-12-10(3)7-6-8-11(12)4/h5,10-12H,6-8H2,1-4H3/b9-5+. The van der Waals surface area contributed by atoms with E-state index in [1.54, 1.807) is 13.0 Å². The van der Waals surface area contributed by atoms with Crippen molar-refractivity contribution in [1.29, 1.82) is 0 Å². The molecule has 1 aliphatic rings. The first-order valence-electron chi connectivity index (χ1n) is 5.90. The van der Waals surface area contributed by atoms with Crippen LogP contribution in [0.1, 0.15) is 47.0 Å². The molecule has 0 bridgehead atoms. The molecule has 0 aromatic carbocycles. The van der Waals surface area contributed by atoms with Crippen LogP contribution in [0, 0.1) is 11.8 Å². The van der Waals surface area contributed by atoms with Gasteiger partial charge >= 0.3 is 5.97 Å². The molecule has 2 nitrogen and oxygen atoms in total. The Bertz CT molecular complexity index is 245. The smallest absolute Gasteiger partial charge is 0.333 e. The molecule has 0 aromatic heterocycles. The Morgan fingerprint density at radius 1 is 1.27 bits per heavy atom. The molecule has 0 N–H and O–H groups in total. The molecule has 1 aliphatic carbocycles. The summed E-state index contributed by atoms with van der Waals surface area (Å²) in [5, 5.41) is 0. The third kappa shape index (κ3) is 3.08. The molecule has 0 heterocycles. The number of carbonyl (C=O) groups is 1. The maximum Gasteiger partial charge on any atom is 0.333 e. The normalized spacial score (nSPS) is 32.5. The highest BCUT2D eigenvalue weighted by Crippen LogP contribution is 2.31. The van der Waals surface area contributed by atoms with Crippen molar-refractivity contribution in [3.05, 3.63) is 11.6 Å². The van der Waals surface area contributed by atoms with Crippen molar-refractivity contribution < 1.29 is 9.53 Å². The molecule has 1 rings (SSSR count). The van der Waals surface area contributed by atoms with Gasteiger partial charge in [-0.1, -0.05) is 26.3 Å². The molecule has 15 heavy (non-hydrogen) atoms. The molecule has 0 aromatic rings. The van der Waals surface area contributed by atoms with Crippen LogP contribution in [0.15, 0.2) is 11.6 Å². The number of hydrogen-bond donors (Lipinski definition) is 0. The molecule has 86 valence electrons. The number of carbonyl (C=O) groups excluding carboxylic acids is 1. The van der Waals surface area contributed by atoms with Gasteiger partial charge in [-0.3, -0.25) is 0 Å². The predicted molar refractivity (Wildman–Crippen MR) is 61.5 cm³/mol. The van der Waals surface area contributed by atoms with Gasteiger partial charge in [-0.25, -0.2) is 4.79 Å². The second-order valence-corrected chi connectivity index (χ2v) is 4.73. The van der Waals surface area contributed by atoms with Crippen LogP contribution in [0.4, 0.5) is 0 Å². The summed E-state index contributed by atoms with van der Waals surface area (Å²) in [6.07, 6.45) is 5.54. The average molecular weight is 210 g/mol. The van der Waals surface area contributed by atoms with Crippen LogP contribution in [-0.4, -0.2) is 12.1 Å². The van der Waals surface area contributed by atoms with Gasteiger partial charge in [0.1, 0.15) is 6.10 Å². The Hall–Kier alpha value is -0.790. The first-order chi connectivity index (χ1) is 7.06. The largest absolute Gasteiger partial charge is 0.458 e. The van der Waals surface area contributed by atoms with Crippen molar-refractivity contribution in [2.24, 2.45) is 11.8 Å². The Morgan fingerprint density at radius 2 is 1.80 bits per heavy atom. The minimum atomic E-state index is -0.150. The lowest BCUT2D eigenvalue weighted by Gasteiger charge is -2.33. The topological polar surface area (TPSA) is 26.3 Å². The summed E-state index contributed by atoms with van der Waals surface area (Å²) in [6, 6.07) is 0. The third-order valence-electron chi connectivity index (χ3n) is 3.44. The summed E-state index contributed by atoms with van der Waals surface area (Å²) in [6.45, 7) is 8.03. The van der Waals surface area contributed by atoms with Gasteiger partial charge in [0.25, 0.3) is 0 Å². The van der Waals surface area contributed by atoms with Crippen molar-refractivity contribution >= 4 is 5.97 Å². The second-order valence-electron chi connectivity index (χ2n) is 4.73. The van der Waals surface area contributed by atoms with Crippen molar-refractivity contribution in [3.63, 3.8) is 0 Å². The molecule has 0 aliphatic heterocycles. The summed E-state index contributed by atoms with van der Waals surface area (Å²) in [4.78, 5) is 11.6. The molecule has 0 radical (unpaired) electrons. The van der Waals surface area contributed by atoms with Gasteiger partial charge in [0.05, 0.1) is 0 Å². The summed E-state index contributed by atoms with van der Waals surface area (Å²) in [7, 11) is 0. The van der Waals surface area contributed by atoms with Gasteiger partial charge in [-0.2, -0.15) is 0 Å². The SMILES string of the molecule is C/C=C(\C)C(=O)OC1C(C)CCCC1C. The fourth-order valence-corrected chi connectivity index (χ4v) is 2.22. The van der Waals surface area contributed by atoms with Gasteiger partial charge in [-0.05, 0) is 38.5 Å². The first kappa shape index (κ1) is 12.3. The average Bonchev–Trinajstić information content (AvgIpc) is 2.22. The van der Waals surface area contributed by atoms with E-state index >= 15 is 0 Å². The van der Waals surface area contributed by atoms with Gasteiger partial charge in [-0.15, -0.1) is 0 Å². The lowest BCUT2D eigenvalue weighted by molar-refractivity contribution is -0.151. The van der Waals surface area contributed by atoms with Crippen molar-refractivity contribution in [2.75, 3.05) is 0 Å². The number of rotatable bonds is 2. The number of ether oxygens (including phenoxy) is 1. The Balaban J connectivity index is 2.59. The van der Waals surface area contributed by atoms with Crippen molar-refractivity contribution in [3.8, 4) is 0 Å². The van der Waals surface area contributed by atoms with E-state index < -0.39 is 0 Å². The van der Waals surface area contributed by atoms with Crippen LogP contribution in [0.3, 0.4) is 0 Å². The third-order valence-corrected chi connectivity index (χ3v) is 3.44. The maximum atomic E-state index is 11.6. The molecular weight excluding hydrogens is 188 g/mol. The molecule has 1 saturated carbocycles. The molecule has 2 atom stereocenters. The molecular formula is C13H22O2. The Kier molecular flexibility index (Phi) is 4.37. The minimum Gasteiger partial charge on any atom is -0.458 e. The molecule has 2 unspecified atom stereocenters. The summed E-state index contributed by atoms with van der Waals surface area (Å²) >= 11 is 0. The van der Waals surface area contributed by atoms with Gasteiger partial charge in [0.15, 0.2) is 0 Å². The van der Waals surface area contributed by atoms with E-state index in [9.17, 15) is 4.79 Å². The van der Waals surface area contributed by atoms with E-state index in [0.29, 0.717) is 17.4 Å². The zero-order chi connectivity index (χ0) is 11.4. The zero-order valence-corrected chi connectivity index (χ0v) is 10.2. The monoisotopic (exact) mass is 210 g/mol. The second kappa shape index (κ2) is 5.34. The lowest BCUT2D eigenvalue weighted by Crippen LogP contribution is -2.34. The number of hydrogen-bond acceptors (Lipinski definition) is 2. The van der Waals surface area contributed by atoms with Crippen LogP contribution >= 0.6 is 0 Å². The van der Waals surface area contributed by atoms with E-state index in [4.69, 9.17) is 4.74 Å². The maximum absolute atomic E-state index is 11.6. The van der Waals surface area contributed by atoms with Crippen LogP contribution in [0.25, 0.3) is 0 Å². The first-order valence-corrected chi connectivity index (χ1v) is 5.90. The van der Waals surface area contributed by atoms with E-state index in [1.807, 2.05) is 6.92 Å². The molecule has 0 amide bonds. The summed E-state index contributed by atoms with van der Waals surface area (Å²) < 4.78 is 5.56. The Labute approximate surface area is 92.7 Å². The highest BCUT2D eigenvalue weighted by Gasteiger charge is 2.30. The highest BCUT2D eigenvalue weighted by molar-refractivity contribution is 5.87. The van der Waals surface area contributed by atoms with Gasteiger partial charge in [0, 0.05) is 5.57 Å². The fraction of sp³-hybridized carbons (Fsp3) is 0.769. The van der Waals surface area contributed by atoms with Crippen LogP contribution in [-0.2, 0) is 9.53 Å². The lowest BCUT2D eigenvalue weighted by atomic mass is 9.80. The van der Waals surface area contributed by atoms with Crippen molar-refractivity contribution in [1.82, 2.24) is 0 Å². The van der Waals surface area contributed by atoms with E-state index in [-0.39, 0.29) is 12.1 Å². The molecule has 0 saturated heterocycles. The molecule has 2 heteroatoms. The minimum absolute atomic E-state index is 0.112. The van der Waals surface area contributed by atoms with Crippen LogP contribution in [0.2, 0.25) is 0 Å². The van der Waals surface area contributed by atoms with Crippen LogP contribution in [0.5, 0.6) is 0 Å². The number of allylic oxidation sites excluding steroid dienone is 1. The van der Waals surface area contributed by atoms with Gasteiger partial charge in [0.2, 0.25) is 0 Å². The van der Waals surface area contributed by atoms with Crippen molar-refractivity contribution in [2.45, 2.75) is 53.1 Å². The fourth-order valence-electron chi connectivity index (χ4n) is 2.22.